The molecule has 32 heavy (non-hydrogen) atoms. The zero-order valence-corrected chi connectivity index (χ0v) is 18.8. The quantitative estimate of drug-likeness (QED) is 0.384. The van der Waals surface area contributed by atoms with Crippen molar-refractivity contribution < 1.29 is 17.9 Å². The molecule has 2 aromatic carbocycles. The van der Waals surface area contributed by atoms with Gasteiger partial charge < -0.3 is 15.0 Å². The average Bonchev–Trinajstić information content (AvgIpc) is 2.78. The molecule has 1 N–H and O–H groups in total. The number of alkyl halides is 3. The van der Waals surface area contributed by atoms with Crippen LogP contribution in [0.4, 0.5) is 24.5 Å². The Hall–Kier alpha value is -3.27. The van der Waals surface area contributed by atoms with Crippen LogP contribution >= 0.6 is 11.8 Å². The van der Waals surface area contributed by atoms with Crippen LogP contribution in [0.25, 0.3) is 11.3 Å². The number of rotatable bonds is 5. The summed E-state index contributed by atoms with van der Waals surface area (Å²) < 4.78 is 44.5. The largest absolute Gasteiger partial charge is 0.437 e. The van der Waals surface area contributed by atoms with Crippen LogP contribution in [0.5, 0.6) is 11.6 Å². The second kappa shape index (κ2) is 9.90. The van der Waals surface area contributed by atoms with Crippen LogP contribution in [-0.4, -0.2) is 42.5 Å². The number of amidine groups is 1. The van der Waals surface area contributed by atoms with Gasteiger partial charge in [-0.05, 0) is 30.5 Å². The highest BCUT2D eigenvalue weighted by molar-refractivity contribution is 8.13. The van der Waals surface area contributed by atoms with E-state index in [-0.39, 0.29) is 5.88 Å². The zero-order valence-electron chi connectivity index (χ0n) is 17.9. The highest BCUT2D eigenvalue weighted by Gasteiger charge is 2.30. The molecule has 10 heteroatoms. The Morgan fingerprint density at radius 2 is 1.78 bits per heavy atom. The van der Waals surface area contributed by atoms with Gasteiger partial charge >= 0.3 is 6.18 Å². The molecule has 0 unspecified atom stereocenters. The molecule has 0 aliphatic rings. The molecule has 0 saturated heterocycles. The second-order valence-electron chi connectivity index (χ2n) is 6.85. The fourth-order valence-electron chi connectivity index (χ4n) is 2.79. The molecule has 0 aliphatic heterocycles. The molecule has 168 valence electrons. The van der Waals surface area contributed by atoms with Crippen molar-refractivity contribution >= 4 is 28.3 Å². The fraction of sp³-hybridized carbons (Fsp3) is 0.227. The molecule has 0 bridgehead atoms. The van der Waals surface area contributed by atoms with Crippen LogP contribution in [0.15, 0.2) is 59.9 Å². The van der Waals surface area contributed by atoms with E-state index in [1.807, 2.05) is 43.5 Å². The third-order valence-electron chi connectivity index (χ3n) is 4.48. The number of nitrogens with zero attached hydrogens (tertiary/aromatic N) is 4. The molecule has 0 spiro atoms. The number of halogens is 3. The first-order valence-corrected chi connectivity index (χ1v) is 10.7. The highest BCUT2D eigenvalue weighted by atomic mass is 32.2. The molecular formula is C22H22F3N5OS. The van der Waals surface area contributed by atoms with Gasteiger partial charge in [-0.25, -0.2) is 9.97 Å². The molecule has 3 aromatic rings. The summed E-state index contributed by atoms with van der Waals surface area (Å²) in [5, 5.41) is 3.93. The van der Waals surface area contributed by atoms with Crippen molar-refractivity contribution in [1.29, 1.82) is 0 Å². The van der Waals surface area contributed by atoms with Gasteiger partial charge in [-0.2, -0.15) is 13.2 Å². The van der Waals surface area contributed by atoms with E-state index in [2.05, 4.69) is 20.3 Å². The Bertz CT molecular complexity index is 1100. The third-order valence-corrected chi connectivity index (χ3v) is 5.16. The van der Waals surface area contributed by atoms with Gasteiger partial charge in [-0.15, -0.1) is 0 Å². The van der Waals surface area contributed by atoms with Crippen LogP contribution in [-0.2, 0) is 6.18 Å². The van der Waals surface area contributed by atoms with E-state index in [0.29, 0.717) is 27.9 Å². The minimum atomic E-state index is -4.39. The maximum atomic E-state index is 12.8. The van der Waals surface area contributed by atoms with Gasteiger partial charge in [0.1, 0.15) is 6.33 Å². The number of hydrogen-bond acceptors (Lipinski definition) is 6. The number of aliphatic imine (C=N–C) groups is 1. The Kier molecular flexibility index (Phi) is 7.24. The van der Waals surface area contributed by atoms with Gasteiger partial charge in [-0.3, -0.25) is 4.99 Å². The first-order valence-electron chi connectivity index (χ1n) is 9.48. The van der Waals surface area contributed by atoms with Crippen LogP contribution in [0.3, 0.4) is 0 Å². The lowest BCUT2D eigenvalue weighted by atomic mass is 10.1. The second-order valence-corrected chi connectivity index (χ2v) is 7.65. The molecule has 0 aliphatic carbocycles. The van der Waals surface area contributed by atoms with Crippen LogP contribution in [0.1, 0.15) is 5.56 Å². The number of anilines is 2. The fourth-order valence-corrected chi connectivity index (χ4v) is 3.18. The van der Waals surface area contributed by atoms with Crippen LogP contribution in [0.2, 0.25) is 0 Å². The first-order chi connectivity index (χ1) is 15.2. The van der Waals surface area contributed by atoms with Crippen molar-refractivity contribution in [3.8, 4) is 22.9 Å². The number of ether oxygens (including phenoxy) is 1. The number of hydrogen-bond donors (Lipinski definition) is 1. The van der Waals surface area contributed by atoms with Crippen molar-refractivity contribution in [3.05, 3.63) is 60.4 Å². The van der Waals surface area contributed by atoms with E-state index >= 15 is 0 Å². The van der Waals surface area contributed by atoms with Gasteiger partial charge in [0.25, 0.3) is 0 Å². The predicted molar refractivity (Wildman–Crippen MR) is 124 cm³/mol. The summed E-state index contributed by atoms with van der Waals surface area (Å²) in [7, 11) is 5.52. The van der Waals surface area contributed by atoms with Gasteiger partial charge in [-0.1, -0.05) is 23.9 Å². The smallest absolute Gasteiger partial charge is 0.416 e. The summed E-state index contributed by atoms with van der Waals surface area (Å²) in [5.74, 6) is 0.775. The summed E-state index contributed by atoms with van der Waals surface area (Å²) in [4.78, 5) is 14.5. The number of aromatic nitrogens is 2. The SMILES string of the molecule is CN=C(Nc1ccc(N(C)C)cc1Oc1cc(-c2ccc(C(F)(F)F)cc2)ncn1)SC. The van der Waals surface area contributed by atoms with Crippen molar-refractivity contribution in [2.75, 3.05) is 37.6 Å². The van der Waals surface area contributed by atoms with Crippen molar-refractivity contribution in [3.63, 3.8) is 0 Å². The van der Waals surface area contributed by atoms with Crippen LogP contribution < -0.4 is 15.0 Å². The summed E-state index contributed by atoms with van der Waals surface area (Å²) in [5.41, 5.74) is 1.86. The monoisotopic (exact) mass is 461 g/mol. The number of benzene rings is 2. The summed E-state index contributed by atoms with van der Waals surface area (Å²) in [6.07, 6.45) is -1.17. The van der Waals surface area contributed by atoms with Gasteiger partial charge in [0.15, 0.2) is 10.9 Å². The molecule has 1 heterocycles. The zero-order chi connectivity index (χ0) is 23.3. The molecular weight excluding hydrogens is 439 g/mol. The average molecular weight is 462 g/mol. The third kappa shape index (κ3) is 5.70. The topological polar surface area (TPSA) is 62.6 Å². The lowest BCUT2D eigenvalue weighted by molar-refractivity contribution is -0.137. The summed E-state index contributed by atoms with van der Waals surface area (Å²) >= 11 is 1.46. The van der Waals surface area contributed by atoms with Gasteiger partial charge in [0.05, 0.1) is 16.9 Å². The number of thioether (sulfide) groups is 1. The van der Waals surface area contributed by atoms with E-state index in [0.717, 1.165) is 17.8 Å². The molecule has 1 aromatic heterocycles. The van der Waals surface area contributed by atoms with E-state index in [4.69, 9.17) is 4.74 Å². The maximum Gasteiger partial charge on any atom is 0.416 e. The summed E-state index contributed by atoms with van der Waals surface area (Å²) in [6, 6.07) is 12.0. The standard InChI is InChI=1S/C22H22F3N5OS/c1-26-21(32-4)29-17-10-9-16(30(2)3)11-19(17)31-20-12-18(27-13-28-20)14-5-7-15(8-6-14)22(23,24)25/h5-13H,1-4H3,(H,26,29). The Morgan fingerprint density at radius 3 is 2.38 bits per heavy atom. The lowest BCUT2D eigenvalue weighted by Gasteiger charge is -2.18. The van der Waals surface area contributed by atoms with Gasteiger partial charge in [0, 0.05) is 44.5 Å². The first kappa shape index (κ1) is 23.4. The minimum Gasteiger partial charge on any atom is -0.437 e. The predicted octanol–water partition coefficient (Wildman–Crippen LogP) is 5.78. The molecule has 0 amide bonds. The molecule has 0 atom stereocenters. The Labute approximate surface area is 188 Å². The van der Waals surface area contributed by atoms with Gasteiger partial charge in [0.2, 0.25) is 5.88 Å². The molecule has 0 radical (unpaired) electrons. The molecule has 0 fully saturated rings. The molecule has 0 saturated carbocycles. The van der Waals surface area contributed by atoms with E-state index in [1.54, 1.807) is 13.1 Å². The van der Waals surface area contributed by atoms with Crippen molar-refractivity contribution in [1.82, 2.24) is 9.97 Å². The summed E-state index contributed by atoms with van der Waals surface area (Å²) in [6.45, 7) is 0. The van der Waals surface area contributed by atoms with Crippen molar-refractivity contribution in [2.24, 2.45) is 4.99 Å². The normalized spacial score (nSPS) is 11.9. The lowest BCUT2D eigenvalue weighted by Crippen LogP contribution is -2.11. The van der Waals surface area contributed by atoms with Crippen LogP contribution in [0, 0.1) is 0 Å². The number of nitrogens with one attached hydrogen (secondary N) is 1. The molecule has 3 rings (SSSR count). The highest BCUT2D eigenvalue weighted by Crippen LogP contribution is 2.35. The molecule has 6 nitrogen and oxygen atoms in total. The van der Waals surface area contributed by atoms with E-state index in [1.165, 1.54) is 30.2 Å². The Morgan fingerprint density at radius 1 is 1.06 bits per heavy atom. The minimum absolute atomic E-state index is 0.257. The Balaban J connectivity index is 1.92. The van der Waals surface area contributed by atoms with E-state index < -0.39 is 11.7 Å². The van der Waals surface area contributed by atoms with E-state index in [9.17, 15) is 13.2 Å². The van der Waals surface area contributed by atoms with Crippen molar-refractivity contribution in [2.45, 2.75) is 6.18 Å². The maximum absolute atomic E-state index is 12.8.